The van der Waals surface area contributed by atoms with E-state index in [1.165, 1.54) is 80.9 Å². The molecule has 11 aromatic rings. The third-order valence-corrected chi connectivity index (χ3v) is 10.2. The Morgan fingerprint density at radius 3 is 1.11 bits per heavy atom. The molecule has 0 N–H and O–H groups in total. The van der Waals surface area contributed by atoms with Crippen LogP contribution >= 0.6 is 0 Å². The molecule has 372 valence electrons. The van der Waals surface area contributed by atoms with Gasteiger partial charge >= 0.3 is 0 Å². The number of rotatable bonds is 3. The zero-order valence-corrected chi connectivity index (χ0v) is 43.9. The van der Waals surface area contributed by atoms with E-state index in [0.29, 0.717) is 0 Å². The van der Waals surface area contributed by atoms with Gasteiger partial charge in [-0.15, -0.1) is 0 Å². The van der Waals surface area contributed by atoms with Gasteiger partial charge in [0.05, 0.1) is 0 Å². The molecule has 11 rings (SSSR count). The fourth-order valence-electron chi connectivity index (χ4n) is 6.28. The Bertz CT molecular complexity index is 2860. The molecule has 9 nitrogen and oxygen atoms in total. The molecular formula is C65H67N9. The third kappa shape index (κ3) is 25.1. The minimum absolute atomic E-state index is 0.759. The van der Waals surface area contributed by atoms with Crippen LogP contribution in [0.25, 0.3) is 33.4 Å². The SMILES string of the molecule is Cc1ccc(-c2ccccc2)cc1.Cc1cccc(-c2ccccc2)c1.Cc1ccccc1.Cc1ccccc1-c1ccccc1.Cc1ccncn1.Cc1cncnc1.Cc1ncccn1.Cc1ncncn1. The Kier molecular flexibility index (Phi) is 27.1. The number of aryl methyl sites for hydroxylation is 8. The second kappa shape index (κ2) is 35.0. The van der Waals surface area contributed by atoms with Crippen LogP contribution in [-0.4, -0.2) is 44.9 Å². The van der Waals surface area contributed by atoms with Crippen molar-refractivity contribution < 1.29 is 0 Å². The largest absolute Gasteiger partial charge is 0.245 e. The van der Waals surface area contributed by atoms with Gasteiger partial charge in [-0.05, 0) is 112 Å². The second-order valence-corrected chi connectivity index (χ2v) is 16.6. The van der Waals surface area contributed by atoms with Gasteiger partial charge in [-0.1, -0.05) is 211 Å². The van der Waals surface area contributed by atoms with Crippen molar-refractivity contribution in [1.82, 2.24) is 44.9 Å². The molecule has 0 aliphatic carbocycles. The first-order chi connectivity index (χ1) is 36.1. The average Bonchev–Trinajstić information content (AvgIpc) is 3.44. The first kappa shape index (κ1) is 57.4. The van der Waals surface area contributed by atoms with Crippen molar-refractivity contribution in [3.8, 4) is 33.4 Å². The molecule has 0 saturated carbocycles. The Balaban J connectivity index is 0.000000186. The number of benzene rings is 7. The highest BCUT2D eigenvalue weighted by molar-refractivity contribution is 5.67. The highest BCUT2D eigenvalue weighted by Gasteiger charge is 1.98. The third-order valence-electron chi connectivity index (χ3n) is 10.2. The summed E-state index contributed by atoms with van der Waals surface area (Å²) in [5, 5.41) is 0. The number of hydrogen-bond acceptors (Lipinski definition) is 9. The Labute approximate surface area is 439 Å². The number of aromatic nitrogens is 9. The van der Waals surface area contributed by atoms with E-state index < -0.39 is 0 Å². The van der Waals surface area contributed by atoms with E-state index in [1.807, 2.05) is 70.2 Å². The summed E-state index contributed by atoms with van der Waals surface area (Å²) >= 11 is 0. The molecule has 4 heterocycles. The standard InChI is InChI=1S/3C13H12.C7H8.3C5H6N2.C4H5N3/c1-11-7-5-6-10-13(11)12-8-3-2-4-9-12;1-11-6-5-9-13(10-11)12-7-3-2-4-8-12;1-11-7-9-13(10-8-11)12-5-3-2-4-6-12;1-7-5-3-2-4-6-7;1-5-2-6-4-7-3-5;1-5-2-3-6-4-7-5;1-5-6-3-2-4-7-5;1-4-6-2-5-3-7-4/h3*2-10H,1H3;2-6H,1H3;3*2-4H,1H3;2-3H,1H3. The van der Waals surface area contributed by atoms with Crippen LogP contribution in [-0.2, 0) is 0 Å². The lowest BCUT2D eigenvalue weighted by molar-refractivity contribution is 0.974. The van der Waals surface area contributed by atoms with E-state index in [2.05, 4.69) is 230 Å². The molecule has 0 atom stereocenters. The summed E-state index contributed by atoms with van der Waals surface area (Å²) in [6.07, 6.45) is 14.7. The second-order valence-electron chi connectivity index (χ2n) is 16.6. The zero-order chi connectivity index (χ0) is 52.9. The van der Waals surface area contributed by atoms with Crippen molar-refractivity contribution in [3.63, 3.8) is 0 Å². The van der Waals surface area contributed by atoms with Gasteiger partial charge < -0.3 is 0 Å². The van der Waals surface area contributed by atoms with Crippen LogP contribution in [0.4, 0.5) is 0 Å². The minimum Gasteiger partial charge on any atom is -0.245 e. The van der Waals surface area contributed by atoms with Crippen LogP contribution in [0.3, 0.4) is 0 Å². The fraction of sp³-hybridized carbons (Fsp3) is 0.123. The van der Waals surface area contributed by atoms with Gasteiger partial charge in [-0.25, -0.2) is 44.9 Å². The Morgan fingerprint density at radius 2 is 0.703 bits per heavy atom. The molecule has 7 aromatic carbocycles. The van der Waals surface area contributed by atoms with Gasteiger partial charge in [0.25, 0.3) is 0 Å². The smallest absolute Gasteiger partial charge is 0.128 e. The summed E-state index contributed by atoms with van der Waals surface area (Å²) in [6, 6.07) is 70.9. The van der Waals surface area contributed by atoms with Crippen LogP contribution in [0.2, 0.25) is 0 Å². The summed E-state index contributed by atoms with van der Waals surface area (Å²) in [5.74, 6) is 1.58. The lowest BCUT2D eigenvalue weighted by Gasteiger charge is -2.04. The maximum atomic E-state index is 3.87. The lowest BCUT2D eigenvalue weighted by Crippen LogP contribution is -1.84. The average molecular weight is 974 g/mol. The minimum atomic E-state index is 0.759. The lowest BCUT2D eigenvalue weighted by atomic mass is 10.0. The summed E-state index contributed by atoms with van der Waals surface area (Å²) in [4.78, 5) is 34.0. The van der Waals surface area contributed by atoms with E-state index >= 15 is 0 Å². The van der Waals surface area contributed by atoms with Crippen LogP contribution < -0.4 is 0 Å². The summed E-state index contributed by atoms with van der Waals surface area (Å²) in [7, 11) is 0. The molecular weight excluding hydrogens is 907 g/mol. The molecule has 0 radical (unpaired) electrons. The van der Waals surface area contributed by atoms with Crippen molar-refractivity contribution in [2.75, 3.05) is 0 Å². The van der Waals surface area contributed by atoms with Gasteiger partial charge in [0, 0.05) is 36.7 Å². The first-order valence-electron chi connectivity index (χ1n) is 24.2. The first-order valence-corrected chi connectivity index (χ1v) is 24.2. The van der Waals surface area contributed by atoms with Gasteiger partial charge in [0.2, 0.25) is 0 Å². The Morgan fingerprint density at radius 1 is 0.257 bits per heavy atom. The fourth-order valence-corrected chi connectivity index (χ4v) is 6.28. The molecule has 0 aliphatic rings. The van der Waals surface area contributed by atoms with E-state index in [-0.39, 0.29) is 0 Å². The molecule has 0 amide bonds. The normalized spacial score (nSPS) is 9.35. The summed E-state index contributed by atoms with van der Waals surface area (Å²) < 4.78 is 0. The van der Waals surface area contributed by atoms with Crippen molar-refractivity contribution >= 4 is 0 Å². The van der Waals surface area contributed by atoms with Crippen LogP contribution in [0.1, 0.15) is 45.2 Å². The van der Waals surface area contributed by atoms with Gasteiger partial charge in [-0.2, -0.15) is 0 Å². The molecule has 0 spiro atoms. The van der Waals surface area contributed by atoms with Gasteiger partial charge in [0.1, 0.15) is 37.0 Å². The number of nitrogens with zero attached hydrogens (tertiary/aromatic N) is 9. The molecule has 9 heteroatoms. The van der Waals surface area contributed by atoms with Crippen LogP contribution in [0.15, 0.2) is 263 Å². The van der Waals surface area contributed by atoms with Crippen molar-refractivity contribution in [2.24, 2.45) is 0 Å². The Hall–Kier alpha value is -9.21. The monoisotopic (exact) mass is 974 g/mol. The van der Waals surface area contributed by atoms with Crippen molar-refractivity contribution in [3.05, 3.63) is 308 Å². The predicted octanol–water partition coefficient (Wildman–Crippen LogP) is 15.5. The van der Waals surface area contributed by atoms with Crippen LogP contribution in [0.5, 0.6) is 0 Å². The van der Waals surface area contributed by atoms with E-state index in [1.54, 1.807) is 37.1 Å². The topological polar surface area (TPSA) is 116 Å². The van der Waals surface area contributed by atoms with E-state index in [4.69, 9.17) is 0 Å². The van der Waals surface area contributed by atoms with Gasteiger partial charge in [0.15, 0.2) is 0 Å². The summed E-state index contributed by atoms with van der Waals surface area (Å²) in [6.45, 7) is 16.0. The maximum Gasteiger partial charge on any atom is 0.128 e. The summed E-state index contributed by atoms with van der Waals surface area (Å²) in [5.41, 5.74) is 15.1. The maximum absolute atomic E-state index is 3.87. The highest BCUT2D eigenvalue weighted by atomic mass is 15.0. The quantitative estimate of drug-likeness (QED) is 0.171. The highest BCUT2D eigenvalue weighted by Crippen LogP contribution is 2.22. The van der Waals surface area contributed by atoms with Crippen molar-refractivity contribution in [2.45, 2.75) is 55.4 Å². The van der Waals surface area contributed by atoms with E-state index in [9.17, 15) is 0 Å². The molecule has 0 fully saturated rings. The molecule has 4 aromatic heterocycles. The zero-order valence-electron chi connectivity index (χ0n) is 43.9. The molecule has 0 bridgehead atoms. The van der Waals surface area contributed by atoms with Crippen molar-refractivity contribution in [1.29, 1.82) is 0 Å². The molecule has 0 unspecified atom stereocenters. The van der Waals surface area contributed by atoms with E-state index in [0.717, 1.165) is 22.9 Å². The number of hydrogen-bond donors (Lipinski definition) is 0. The van der Waals surface area contributed by atoms with Gasteiger partial charge in [-0.3, -0.25) is 0 Å². The predicted molar refractivity (Wildman–Crippen MR) is 306 cm³/mol. The molecule has 74 heavy (non-hydrogen) atoms. The van der Waals surface area contributed by atoms with Crippen LogP contribution in [0, 0.1) is 55.4 Å². The molecule has 0 saturated heterocycles. The molecule has 0 aliphatic heterocycles.